The van der Waals surface area contributed by atoms with Crippen LogP contribution in [0.15, 0.2) is 23.8 Å². The van der Waals surface area contributed by atoms with Crippen LogP contribution in [-0.4, -0.2) is 23.6 Å². The molecular weight excluding hydrogens is 248 g/mol. The number of hydrogen-bond acceptors (Lipinski definition) is 6. The van der Waals surface area contributed by atoms with Crippen LogP contribution < -0.4 is 15.4 Å². The molecule has 18 heavy (non-hydrogen) atoms. The fourth-order valence-electron chi connectivity index (χ4n) is 1.71. The SMILES string of the molecule is CCN(Cc1cccs1)c1ncnc(OC)c1N. The molecule has 0 radical (unpaired) electrons. The summed E-state index contributed by atoms with van der Waals surface area (Å²) in [5, 5.41) is 2.06. The molecule has 2 aromatic rings. The van der Waals surface area contributed by atoms with Crippen molar-refractivity contribution in [3.63, 3.8) is 0 Å². The van der Waals surface area contributed by atoms with Crippen LogP contribution >= 0.6 is 11.3 Å². The highest BCUT2D eigenvalue weighted by molar-refractivity contribution is 7.09. The fraction of sp³-hybridized carbons (Fsp3) is 0.333. The van der Waals surface area contributed by atoms with Gasteiger partial charge >= 0.3 is 0 Å². The summed E-state index contributed by atoms with van der Waals surface area (Å²) in [6, 6.07) is 4.14. The van der Waals surface area contributed by atoms with E-state index in [0.717, 1.165) is 18.9 Å². The average Bonchev–Trinajstić information content (AvgIpc) is 2.89. The normalized spacial score (nSPS) is 10.3. The van der Waals surface area contributed by atoms with Gasteiger partial charge < -0.3 is 15.4 Å². The summed E-state index contributed by atoms with van der Waals surface area (Å²) in [7, 11) is 1.55. The van der Waals surface area contributed by atoms with Crippen LogP contribution in [0.4, 0.5) is 11.5 Å². The van der Waals surface area contributed by atoms with E-state index in [1.807, 2.05) is 6.07 Å². The van der Waals surface area contributed by atoms with Gasteiger partial charge in [0, 0.05) is 11.4 Å². The topological polar surface area (TPSA) is 64.3 Å². The van der Waals surface area contributed by atoms with Gasteiger partial charge in [0.15, 0.2) is 5.82 Å². The van der Waals surface area contributed by atoms with Crippen LogP contribution in [0.1, 0.15) is 11.8 Å². The lowest BCUT2D eigenvalue weighted by Crippen LogP contribution is -2.24. The van der Waals surface area contributed by atoms with Crippen LogP contribution in [0, 0.1) is 0 Å². The molecule has 0 aliphatic heterocycles. The van der Waals surface area contributed by atoms with Crippen LogP contribution in [0.5, 0.6) is 5.88 Å². The van der Waals surface area contributed by atoms with Crippen LogP contribution in [0.3, 0.4) is 0 Å². The summed E-state index contributed by atoms with van der Waals surface area (Å²) in [5.74, 6) is 1.14. The molecule has 0 aliphatic carbocycles. The predicted molar refractivity (Wildman–Crippen MR) is 74.0 cm³/mol. The highest BCUT2D eigenvalue weighted by Gasteiger charge is 2.14. The molecule has 2 rings (SSSR count). The molecule has 5 nitrogen and oxygen atoms in total. The lowest BCUT2D eigenvalue weighted by Gasteiger charge is -2.22. The molecule has 0 aromatic carbocycles. The Hall–Kier alpha value is -1.82. The van der Waals surface area contributed by atoms with Crippen LogP contribution in [0.25, 0.3) is 0 Å². The minimum atomic E-state index is 0.421. The molecule has 96 valence electrons. The van der Waals surface area contributed by atoms with E-state index in [1.165, 1.54) is 11.2 Å². The molecular formula is C12H16N4OS. The summed E-state index contributed by atoms with van der Waals surface area (Å²) in [6.07, 6.45) is 1.47. The summed E-state index contributed by atoms with van der Waals surface area (Å²) < 4.78 is 5.12. The molecule has 0 atom stereocenters. The Morgan fingerprint density at radius 3 is 2.89 bits per heavy atom. The van der Waals surface area contributed by atoms with Crippen molar-refractivity contribution >= 4 is 22.8 Å². The third-order valence-corrected chi connectivity index (χ3v) is 3.49. The maximum atomic E-state index is 6.01. The van der Waals surface area contributed by atoms with Crippen LogP contribution in [-0.2, 0) is 6.54 Å². The van der Waals surface area contributed by atoms with E-state index in [9.17, 15) is 0 Å². The quantitative estimate of drug-likeness (QED) is 0.896. The van der Waals surface area contributed by atoms with E-state index in [4.69, 9.17) is 10.5 Å². The Bertz CT molecular complexity index is 501. The van der Waals surface area contributed by atoms with E-state index < -0.39 is 0 Å². The molecule has 0 saturated carbocycles. The lowest BCUT2D eigenvalue weighted by molar-refractivity contribution is 0.399. The first-order valence-electron chi connectivity index (χ1n) is 5.68. The molecule has 6 heteroatoms. The Morgan fingerprint density at radius 1 is 1.44 bits per heavy atom. The number of aromatic nitrogens is 2. The monoisotopic (exact) mass is 264 g/mol. The number of thiophene rings is 1. The lowest BCUT2D eigenvalue weighted by atomic mass is 10.3. The van der Waals surface area contributed by atoms with Gasteiger partial charge in [-0.2, -0.15) is 4.98 Å². The third kappa shape index (κ3) is 2.53. The summed E-state index contributed by atoms with van der Waals surface area (Å²) in [6.45, 7) is 3.68. The fourth-order valence-corrected chi connectivity index (χ4v) is 2.43. The Balaban J connectivity index is 2.27. The third-order valence-electron chi connectivity index (χ3n) is 2.63. The Labute approximate surface area is 110 Å². The number of nitrogens with zero attached hydrogens (tertiary/aromatic N) is 3. The van der Waals surface area contributed by atoms with Crippen molar-refractivity contribution in [2.75, 3.05) is 24.3 Å². The number of hydrogen-bond donors (Lipinski definition) is 1. The van der Waals surface area contributed by atoms with Gasteiger partial charge in [-0.05, 0) is 18.4 Å². The number of nitrogen functional groups attached to an aromatic ring is 1. The molecule has 0 bridgehead atoms. The van der Waals surface area contributed by atoms with E-state index in [-0.39, 0.29) is 0 Å². The Kier molecular flexibility index (Phi) is 3.99. The predicted octanol–water partition coefficient (Wildman–Crippen LogP) is 2.16. The second-order valence-corrected chi connectivity index (χ2v) is 4.75. The largest absolute Gasteiger partial charge is 0.479 e. The van der Waals surface area contributed by atoms with Gasteiger partial charge in [0.2, 0.25) is 5.88 Å². The number of methoxy groups -OCH3 is 1. The molecule has 2 aromatic heterocycles. The zero-order valence-electron chi connectivity index (χ0n) is 10.5. The number of rotatable bonds is 5. The number of anilines is 2. The average molecular weight is 264 g/mol. The van der Waals surface area contributed by atoms with Gasteiger partial charge in [0.1, 0.15) is 12.0 Å². The van der Waals surface area contributed by atoms with Crippen molar-refractivity contribution in [2.45, 2.75) is 13.5 Å². The van der Waals surface area contributed by atoms with Gasteiger partial charge in [-0.3, -0.25) is 0 Å². The van der Waals surface area contributed by atoms with E-state index >= 15 is 0 Å². The summed E-state index contributed by atoms with van der Waals surface area (Å²) in [4.78, 5) is 11.6. The smallest absolute Gasteiger partial charge is 0.242 e. The van der Waals surface area contributed by atoms with Crippen molar-refractivity contribution in [1.29, 1.82) is 0 Å². The molecule has 0 spiro atoms. The molecule has 0 saturated heterocycles. The summed E-state index contributed by atoms with van der Waals surface area (Å²) in [5.41, 5.74) is 6.50. The Morgan fingerprint density at radius 2 is 2.28 bits per heavy atom. The van der Waals surface area contributed by atoms with Crippen molar-refractivity contribution in [1.82, 2.24) is 9.97 Å². The first-order chi connectivity index (χ1) is 8.76. The zero-order valence-corrected chi connectivity index (χ0v) is 11.3. The van der Waals surface area contributed by atoms with Crippen molar-refractivity contribution in [2.24, 2.45) is 0 Å². The van der Waals surface area contributed by atoms with E-state index in [0.29, 0.717) is 11.6 Å². The standard InChI is InChI=1S/C12H16N4OS/c1-3-16(7-9-5-4-6-18-9)11-10(13)12(17-2)15-8-14-11/h4-6,8H,3,7,13H2,1-2H3. The number of ether oxygens (including phenoxy) is 1. The second-order valence-electron chi connectivity index (χ2n) is 3.71. The van der Waals surface area contributed by atoms with Crippen molar-refractivity contribution in [3.8, 4) is 5.88 Å². The minimum absolute atomic E-state index is 0.421. The highest BCUT2D eigenvalue weighted by atomic mass is 32.1. The molecule has 2 N–H and O–H groups in total. The van der Waals surface area contributed by atoms with Crippen molar-refractivity contribution in [3.05, 3.63) is 28.7 Å². The zero-order chi connectivity index (χ0) is 13.0. The van der Waals surface area contributed by atoms with Crippen molar-refractivity contribution < 1.29 is 4.74 Å². The molecule has 0 fully saturated rings. The van der Waals surface area contributed by atoms with Gasteiger partial charge in [-0.15, -0.1) is 11.3 Å². The highest BCUT2D eigenvalue weighted by Crippen LogP contribution is 2.28. The van der Waals surface area contributed by atoms with E-state index in [1.54, 1.807) is 18.4 Å². The first-order valence-corrected chi connectivity index (χ1v) is 6.56. The molecule has 0 unspecified atom stereocenters. The maximum absolute atomic E-state index is 6.01. The minimum Gasteiger partial charge on any atom is -0.479 e. The second kappa shape index (κ2) is 5.68. The first kappa shape index (κ1) is 12.6. The van der Waals surface area contributed by atoms with Gasteiger partial charge in [0.25, 0.3) is 0 Å². The van der Waals surface area contributed by atoms with Gasteiger partial charge in [0.05, 0.1) is 13.7 Å². The maximum Gasteiger partial charge on any atom is 0.242 e. The number of nitrogens with two attached hydrogens (primary N) is 1. The van der Waals surface area contributed by atoms with E-state index in [2.05, 4.69) is 33.2 Å². The molecule has 2 heterocycles. The van der Waals surface area contributed by atoms with Gasteiger partial charge in [-0.25, -0.2) is 4.98 Å². The molecule has 0 aliphatic rings. The van der Waals surface area contributed by atoms with Gasteiger partial charge in [-0.1, -0.05) is 6.07 Å². The summed E-state index contributed by atoms with van der Waals surface area (Å²) >= 11 is 1.72. The molecule has 0 amide bonds. The van der Waals surface area contributed by atoms with Crippen LogP contribution in [0.2, 0.25) is 0 Å².